The summed E-state index contributed by atoms with van der Waals surface area (Å²) >= 11 is 0. The van der Waals surface area contributed by atoms with Crippen molar-refractivity contribution in [1.82, 2.24) is 20.0 Å². The van der Waals surface area contributed by atoms with E-state index in [-0.39, 0.29) is 17.8 Å². The van der Waals surface area contributed by atoms with Crippen molar-refractivity contribution in [1.29, 1.82) is 0 Å². The lowest BCUT2D eigenvalue weighted by molar-refractivity contribution is 0.0934. The Morgan fingerprint density at radius 1 is 1.14 bits per heavy atom. The monoisotopic (exact) mass is 474 g/mol. The number of carbonyl (C=O) groups is 1. The van der Waals surface area contributed by atoms with Crippen LogP contribution in [-0.4, -0.2) is 47.3 Å². The van der Waals surface area contributed by atoms with Gasteiger partial charge in [-0.3, -0.25) is 9.69 Å². The van der Waals surface area contributed by atoms with E-state index in [1.165, 1.54) is 12.1 Å². The molecule has 3 heterocycles. The van der Waals surface area contributed by atoms with E-state index in [2.05, 4.69) is 15.3 Å². The van der Waals surface area contributed by atoms with E-state index < -0.39 is 0 Å². The van der Waals surface area contributed by atoms with Gasteiger partial charge in [-0.25, -0.2) is 9.07 Å². The highest BCUT2D eigenvalue weighted by molar-refractivity contribution is 6.00. The quantitative estimate of drug-likeness (QED) is 0.395. The normalized spacial score (nSPS) is 14.7. The van der Waals surface area contributed by atoms with Gasteiger partial charge in [-0.05, 0) is 74.5 Å². The van der Waals surface area contributed by atoms with Crippen molar-refractivity contribution in [3.8, 4) is 22.7 Å². The molecular formula is C27H27FN4O3. The lowest BCUT2D eigenvalue weighted by atomic mass is 10.1. The fourth-order valence-electron chi connectivity index (χ4n) is 4.48. The van der Waals surface area contributed by atoms with Crippen LogP contribution in [0.25, 0.3) is 16.9 Å². The third-order valence-corrected chi connectivity index (χ3v) is 6.30. The predicted molar refractivity (Wildman–Crippen MR) is 130 cm³/mol. The van der Waals surface area contributed by atoms with Crippen LogP contribution in [-0.2, 0) is 0 Å². The molecule has 35 heavy (non-hydrogen) atoms. The minimum atomic E-state index is -0.335. The van der Waals surface area contributed by atoms with Crippen molar-refractivity contribution < 1.29 is 18.3 Å². The van der Waals surface area contributed by atoms with Crippen LogP contribution in [0.15, 0.2) is 77.5 Å². The average Bonchev–Trinajstić information content (AvgIpc) is 3.67. The molecule has 1 N–H and O–H groups in total. The van der Waals surface area contributed by atoms with Crippen molar-refractivity contribution >= 4 is 5.91 Å². The second-order valence-electron chi connectivity index (χ2n) is 8.53. The first-order valence-electron chi connectivity index (χ1n) is 11.7. The maximum atomic E-state index is 13.5. The van der Waals surface area contributed by atoms with Crippen LogP contribution in [0.5, 0.6) is 5.75 Å². The summed E-state index contributed by atoms with van der Waals surface area (Å²) in [6.45, 7) is 2.35. The van der Waals surface area contributed by atoms with E-state index in [9.17, 15) is 9.18 Å². The van der Waals surface area contributed by atoms with Crippen LogP contribution in [0.2, 0.25) is 0 Å². The van der Waals surface area contributed by atoms with Gasteiger partial charge in [0.1, 0.15) is 23.0 Å². The number of halogens is 1. The molecule has 1 saturated heterocycles. The summed E-state index contributed by atoms with van der Waals surface area (Å²) in [7, 11) is 1.59. The third-order valence-electron chi connectivity index (χ3n) is 6.30. The first kappa shape index (κ1) is 22.9. The highest BCUT2D eigenvalue weighted by Crippen LogP contribution is 2.28. The lowest BCUT2D eigenvalue weighted by Crippen LogP contribution is -2.36. The molecule has 1 unspecified atom stereocenters. The highest BCUT2D eigenvalue weighted by atomic mass is 19.1. The van der Waals surface area contributed by atoms with Gasteiger partial charge >= 0.3 is 0 Å². The molecule has 0 bridgehead atoms. The molecule has 7 nitrogen and oxygen atoms in total. The maximum absolute atomic E-state index is 13.5. The van der Waals surface area contributed by atoms with E-state index in [0.717, 1.165) is 37.3 Å². The fraction of sp³-hybridized carbons (Fsp3) is 0.259. The molecule has 2 aromatic carbocycles. The number of benzene rings is 2. The molecule has 1 amide bonds. The number of carbonyl (C=O) groups excluding carboxylic acids is 1. The zero-order valence-electron chi connectivity index (χ0n) is 19.5. The van der Waals surface area contributed by atoms with Gasteiger partial charge in [-0.2, -0.15) is 5.10 Å². The predicted octanol–water partition coefficient (Wildman–Crippen LogP) is 4.85. The third kappa shape index (κ3) is 4.97. The summed E-state index contributed by atoms with van der Waals surface area (Å²) in [5, 5.41) is 7.77. The van der Waals surface area contributed by atoms with Crippen LogP contribution in [0.3, 0.4) is 0 Å². The number of furan rings is 1. The van der Waals surface area contributed by atoms with Crippen molar-refractivity contribution in [2.24, 2.45) is 0 Å². The molecule has 1 aliphatic rings. The minimum absolute atomic E-state index is 0.0381. The molecule has 1 aliphatic heterocycles. The molecule has 0 saturated carbocycles. The van der Waals surface area contributed by atoms with E-state index in [1.54, 1.807) is 36.4 Å². The number of likely N-dealkylation sites (tertiary alicyclic amines) is 1. The van der Waals surface area contributed by atoms with Gasteiger partial charge in [0, 0.05) is 18.3 Å². The van der Waals surface area contributed by atoms with Gasteiger partial charge in [0.25, 0.3) is 5.91 Å². The molecule has 0 spiro atoms. The number of rotatable bonds is 8. The summed E-state index contributed by atoms with van der Waals surface area (Å²) in [5.41, 5.74) is 2.33. The zero-order valence-corrected chi connectivity index (χ0v) is 19.5. The maximum Gasteiger partial charge on any atom is 0.255 e. The van der Waals surface area contributed by atoms with Gasteiger partial charge in [0.05, 0.1) is 30.7 Å². The number of nitrogens with one attached hydrogen (secondary N) is 1. The molecule has 4 aromatic rings. The van der Waals surface area contributed by atoms with Crippen molar-refractivity contribution in [3.63, 3.8) is 0 Å². The highest BCUT2D eigenvalue weighted by Gasteiger charge is 2.27. The standard InChI is InChI=1S/C27H27FN4O3/c1-34-22-7-4-6-19(16-22)26-23(18-32(30-26)21-11-9-20(28)10-12-21)27(33)29-17-24(25-8-5-15-35-25)31-13-2-3-14-31/h4-12,15-16,18,24H,2-3,13-14,17H2,1H3,(H,29,33). The molecular weight excluding hydrogens is 447 g/mol. The summed E-state index contributed by atoms with van der Waals surface area (Å²) in [6.07, 6.45) is 5.61. The van der Waals surface area contributed by atoms with Gasteiger partial charge in [0.15, 0.2) is 0 Å². The summed E-state index contributed by atoms with van der Waals surface area (Å²) in [4.78, 5) is 15.8. The van der Waals surface area contributed by atoms with E-state index in [1.807, 2.05) is 36.4 Å². The Morgan fingerprint density at radius 2 is 1.94 bits per heavy atom. The van der Waals surface area contributed by atoms with Crippen molar-refractivity contribution in [3.05, 3.63) is 90.3 Å². The minimum Gasteiger partial charge on any atom is -0.497 e. The van der Waals surface area contributed by atoms with Crippen molar-refractivity contribution in [2.45, 2.75) is 18.9 Å². The Balaban J connectivity index is 1.45. The molecule has 1 fully saturated rings. The fourth-order valence-corrected chi connectivity index (χ4v) is 4.48. The Hall–Kier alpha value is -3.91. The Labute approximate surface area is 203 Å². The Kier molecular flexibility index (Phi) is 6.63. The summed E-state index contributed by atoms with van der Waals surface area (Å²) in [6, 6.07) is 17.2. The Morgan fingerprint density at radius 3 is 2.66 bits per heavy atom. The molecule has 0 aliphatic carbocycles. The lowest BCUT2D eigenvalue weighted by Gasteiger charge is -2.26. The molecule has 8 heteroatoms. The van der Waals surface area contributed by atoms with E-state index in [4.69, 9.17) is 9.15 Å². The van der Waals surface area contributed by atoms with Crippen LogP contribution in [0, 0.1) is 5.82 Å². The summed E-state index contributed by atoms with van der Waals surface area (Å²) < 4.78 is 26.1. The number of amides is 1. The average molecular weight is 475 g/mol. The molecule has 1 atom stereocenters. The van der Waals surface area contributed by atoms with E-state index in [0.29, 0.717) is 29.2 Å². The smallest absolute Gasteiger partial charge is 0.255 e. The van der Waals surface area contributed by atoms with E-state index >= 15 is 0 Å². The number of hydrogen-bond acceptors (Lipinski definition) is 5. The molecule has 0 radical (unpaired) electrons. The largest absolute Gasteiger partial charge is 0.497 e. The van der Waals surface area contributed by atoms with Gasteiger partial charge in [-0.1, -0.05) is 12.1 Å². The van der Waals surface area contributed by atoms with Gasteiger partial charge in [-0.15, -0.1) is 0 Å². The Bertz CT molecular complexity index is 1280. The van der Waals surface area contributed by atoms with Gasteiger partial charge in [0.2, 0.25) is 0 Å². The number of nitrogens with zero attached hydrogens (tertiary/aromatic N) is 3. The number of aromatic nitrogens is 2. The SMILES string of the molecule is COc1cccc(-c2nn(-c3ccc(F)cc3)cc2C(=O)NCC(c2ccco2)N2CCCC2)c1. The zero-order chi connectivity index (χ0) is 24.2. The molecule has 2 aromatic heterocycles. The molecule has 180 valence electrons. The first-order valence-corrected chi connectivity index (χ1v) is 11.7. The second kappa shape index (κ2) is 10.1. The number of hydrogen-bond donors (Lipinski definition) is 1. The van der Waals surface area contributed by atoms with Crippen molar-refractivity contribution in [2.75, 3.05) is 26.7 Å². The molecule has 5 rings (SSSR count). The first-order chi connectivity index (χ1) is 17.1. The van der Waals surface area contributed by atoms with Crippen LogP contribution >= 0.6 is 0 Å². The van der Waals surface area contributed by atoms with Crippen LogP contribution < -0.4 is 10.1 Å². The number of ether oxygens (including phenoxy) is 1. The van der Waals surface area contributed by atoms with Gasteiger partial charge < -0.3 is 14.5 Å². The second-order valence-corrected chi connectivity index (χ2v) is 8.53. The number of methoxy groups -OCH3 is 1. The summed E-state index contributed by atoms with van der Waals surface area (Å²) in [5.74, 6) is 0.920. The van der Waals surface area contributed by atoms with Crippen LogP contribution in [0.1, 0.15) is 35.0 Å². The topological polar surface area (TPSA) is 72.5 Å². The van der Waals surface area contributed by atoms with Crippen LogP contribution in [0.4, 0.5) is 4.39 Å².